The molecule has 0 bridgehead atoms. The topological polar surface area (TPSA) is 57.2 Å². The summed E-state index contributed by atoms with van der Waals surface area (Å²) in [5.74, 6) is 2.26. The number of aliphatic hydroxyl groups excluding tert-OH is 1. The number of ether oxygens (including phenoxy) is 4. The van der Waals surface area contributed by atoms with Gasteiger partial charge in [0.1, 0.15) is 5.75 Å². The van der Waals surface area contributed by atoms with Crippen LogP contribution in [0.25, 0.3) is 11.1 Å². The average Bonchev–Trinajstić information content (AvgIpc) is 2.59. The molecule has 2 aromatic carbocycles. The van der Waals surface area contributed by atoms with E-state index < -0.39 is 0 Å². The fraction of sp³-hybridized carbons (Fsp3) is 0.294. The molecule has 0 heterocycles. The molecule has 0 aromatic heterocycles. The van der Waals surface area contributed by atoms with Crippen LogP contribution in [0.2, 0.25) is 0 Å². The second-order valence-electron chi connectivity index (χ2n) is 4.57. The van der Waals surface area contributed by atoms with Gasteiger partial charge in [-0.2, -0.15) is 0 Å². The van der Waals surface area contributed by atoms with Gasteiger partial charge in [0.15, 0.2) is 11.5 Å². The quantitative estimate of drug-likeness (QED) is 0.889. The van der Waals surface area contributed by atoms with E-state index >= 15 is 0 Å². The van der Waals surface area contributed by atoms with Crippen LogP contribution in [0.5, 0.6) is 23.0 Å². The first kappa shape index (κ1) is 16.0. The van der Waals surface area contributed by atoms with Crippen LogP contribution in [0, 0.1) is 0 Å². The Labute approximate surface area is 130 Å². The molecule has 118 valence electrons. The second kappa shape index (κ2) is 7.04. The molecule has 0 saturated carbocycles. The molecular formula is C17H20O5. The third-order valence-corrected chi connectivity index (χ3v) is 3.45. The largest absolute Gasteiger partial charge is 0.497 e. The van der Waals surface area contributed by atoms with E-state index in [1.165, 1.54) is 7.11 Å². The van der Waals surface area contributed by atoms with Gasteiger partial charge in [-0.05, 0) is 23.8 Å². The lowest BCUT2D eigenvalue weighted by Crippen LogP contribution is -2.01. The van der Waals surface area contributed by atoms with E-state index in [2.05, 4.69) is 0 Å². The van der Waals surface area contributed by atoms with Crippen molar-refractivity contribution in [3.05, 3.63) is 35.9 Å². The SMILES string of the molecule is COc1ccc(-c2cc(CO)c(OC)c(OC)c2OC)cc1. The highest BCUT2D eigenvalue weighted by Crippen LogP contribution is 2.46. The fourth-order valence-electron chi connectivity index (χ4n) is 2.39. The first-order valence-electron chi connectivity index (χ1n) is 6.77. The number of aliphatic hydroxyl groups is 1. The maximum absolute atomic E-state index is 9.59. The van der Waals surface area contributed by atoms with Crippen molar-refractivity contribution in [2.24, 2.45) is 0 Å². The minimum atomic E-state index is -0.160. The standard InChI is InChI=1S/C17H20O5/c1-19-13-7-5-11(6-8-13)14-9-12(10-18)15(20-2)17(22-4)16(14)21-3/h5-9,18H,10H2,1-4H3. The van der Waals surface area contributed by atoms with Gasteiger partial charge in [-0.15, -0.1) is 0 Å². The summed E-state index contributed by atoms with van der Waals surface area (Å²) in [4.78, 5) is 0. The number of benzene rings is 2. The Morgan fingerprint density at radius 1 is 0.773 bits per heavy atom. The summed E-state index contributed by atoms with van der Waals surface area (Å²) in [5.41, 5.74) is 2.37. The van der Waals surface area contributed by atoms with Crippen LogP contribution in [-0.4, -0.2) is 33.5 Å². The van der Waals surface area contributed by atoms with Gasteiger partial charge in [0.05, 0.1) is 35.0 Å². The number of methoxy groups -OCH3 is 4. The highest BCUT2D eigenvalue weighted by molar-refractivity contribution is 5.78. The van der Waals surface area contributed by atoms with Crippen molar-refractivity contribution < 1.29 is 24.1 Å². The van der Waals surface area contributed by atoms with Crippen molar-refractivity contribution in [1.29, 1.82) is 0 Å². The zero-order chi connectivity index (χ0) is 16.1. The Hall–Kier alpha value is -2.40. The Morgan fingerprint density at radius 2 is 1.36 bits per heavy atom. The molecule has 0 fully saturated rings. The van der Waals surface area contributed by atoms with Crippen LogP contribution in [0.4, 0.5) is 0 Å². The van der Waals surface area contributed by atoms with Crippen LogP contribution in [0.3, 0.4) is 0 Å². The molecule has 0 aliphatic rings. The smallest absolute Gasteiger partial charge is 0.204 e. The summed E-state index contributed by atoms with van der Waals surface area (Å²) in [6, 6.07) is 9.41. The third-order valence-electron chi connectivity index (χ3n) is 3.45. The Balaban J connectivity index is 2.67. The van der Waals surface area contributed by atoms with E-state index in [0.29, 0.717) is 22.8 Å². The number of hydrogen-bond donors (Lipinski definition) is 1. The predicted octanol–water partition coefficient (Wildman–Crippen LogP) is 2.88. The summed E-state index contributed by atoms with van der Waals surface area (Å²) in [6.07, 6.45) is 0. The van der Waals surface area contributed by atoms with Crippen LogP contribution in [-0.2, 0) is 6.61 Å². The van der Waals surface area contributed by atoms with Gasteiger partial charge < -0.3 is 24.1 Å². The maximum atomic E-state index is 9.59. The summed E-state index contributed by atoms with van der Waals surface area (Å²) in [6.45, 7) is -0.160. The van der Waals surface area contributed by atoms with Crippen LogP contribution < -0.4 is 18.9 Å². The maximum Gasteiger partial charge on any atom is 0.204 e. The van der Waals surface area contributed by atoms with Crippen molar-refractivity contribution in [3.8, 4) is 34.1 Å². The molecule has 0 unspecified atom stereocenters. The summed E-state index contributed by atoms with van der Waals surface area (Å²) in [7, 11) is 6.27. The zero-order valence-electron chi connectivity index (χ0n) is 13.2. The zero-order valence-corrected chi connectivity index (χ0v) is 13.2. The summed E-state index contributed by atoms with van der Waals surface area (Å²) < 4.78 is 21.4. The first-order valence-corrected chi connectivity index (χ1v) is 6.77. The lowest BCUT2D eigenvalue weighted by Gasteiger charge is -2.19. The van der Waals surface area contributed by atoms with Crippen molar-refractivity contribution >= 4 is 0 Å². The molecule has 2 rings (SSSR count). The van der Waals surface area contributed by atoms with Crippen molar-refractivity contribution in [2.45, 2.75) is 6.61 Å². The van der Waals surface area contributed by atoms with Gasteiger partial charge in [0, 0.05) is 11.1 Å². The van der Waals surface area contributed by atoms with Gasteiger partial charge >= 0.3 is 0 Å². The monoisotopic (exact) mass is 304 g/mol. The molecule has 0 saturated heterocycles. The van der Waals surface area contributed by atoms with E-state index in [-0.39, 0.29) is 6.61 Å². The summed E-state index contributed by atoms with van der Waals surface area (Å²) >= 11 is 0. The molecule has 5 nitrogen and oxygen atoms in total. The minimum Gasteiger partial charge on any atom is -0.497 e. The molecule has 5 heteroatoms. The minimum absolute atomic E-state index is 0.160. The van der Waals surface area contributed by atoms with Crippen molar-refractivity contribution in [1.82, 2.24) is 0 Å². The van der Waals surface area contributed by atoms with Crippen molar-refractivity contribution in [2.75, 3.05) is 28.4 Å². The van der Waals surface area contributed by atoms with E-state index in [4.69, 9.17) is 18.9 Å². The molecule has 0 spiro atoms. The Kier molecular flexibility index (Phi) is 5.12. The normalized spacial score (nSPS) is 10.2. The lowest BCUT2D eigenvalue weighted by atomic mass is 10.00. The van der Waals surface area contributed by atoms with Crippen LogP contribution in [0.1, 0.15) is 5.56 Å². The molecule has 22 heavy (non-hydrogen) atoms. The first-order chi connectivity index (χ1) is 10.7. The van der Waals surface area contributed by atoms with Gasteiger partial charge in [-0.3, -0.25) is 0 Å². The van der Waals surface area contributed by atoms with Gasteiger partial charge in [0.2, 0.25) is 5.75 Å². The van der Waals surface area contributed by atoms with Gasteiger partial charge in [-0.25, -0.2) is 0 Å². The molecule has 2 aromatic rings. The number of rotatable bonds is 6. The summed E-state index contributed by atoms with van der Waals surface area (Å²) in [5, 5.41) is 9.59. The Bertz CT molecular complexity index is 634. The van der Waals surface area contributed by atoms with E-state index in [0.717, 1.165) is 16.9 Å². The fourth-order valence-corrected chi connectivity index (χ4v) is 2.39. The third kappa shape index (κ3) is 2.80. The van der Waals surface area contributed by atoms with E-state index in [1.54, 1.807) is 21.3 Å². The van der Waals surface area contributed by atoms with Gasteiger partial charge in [-0.1, -0.05) is 12.1 Å². The van der Waals surface area contributed by atoms with Crippen LogP contribution >= 0.6 is 0 Å². The van der Waals surface area contributed by atoms with Gasteiger partial charge in [0.25, 0.3) is 0 Å². The molecule has 0 radical (unpaired) electrons. The molecular weight excluding hydrogens is 284 g/mol. The van der Waals surface area contributed by atoms with Crippen molar-refractivity contribution in [3.63, 3.8) is 0 Å². The highest BCUT2D eigenvalue weighted by atomic mass is 16.5. The predicted molar refractivity (Wildman–Crippen MR) is 84.0 cm³/mol. The second-order valence-corrected chi connectivity index (χ2v) is 4.57. The Morgan fingerprint density at radius 3 is 1.82 bits per heavy atom. The molecule has 0 aliphatic carbocycles. The average molecular weight is 304 g/mol. The highest BCUT2D eigenvalue weighted by Gasteiger charge is 2.21. The molecule has 0 aliphatic heterocycles. The molecule has 0 atom stereocenters. The number of hydrogen-bond acceptors (Lipinski definition) is 5. The molecule has 1 N–H and O–H groups in total. The molecule has 0 amide bonds. The lowest BCUT2D eigenvalue weighted by molar-refractivity contribution is 0.267. The van der Waals surface area contributed by atoms with Crippen LogP contribution in [0.15, 0.2) is 30.3 Å². The van der Waals surface area contributed by atoms with E-state index in [9.17, 15) is 5.11 Å². The van der Waals surface area contributed by atoms with E-state index in [1.807, 2.05) is 30.3 Å².